The molecule has 19 heavy (non-hydrogen) atoms. The maximum Gasteiger partial charge on any atom is 0.0573 e. The molecule has 1 aliphatic rings. The van der Waals surface area contributed by atoms with Gasteiger partial charge >= 0.3 is 0 Å². The Bertz CT molecular complexity index is 409. The van der Waals surface area contributed by atoms with E-state index in [0.29, 0.717) is 5.41 Å². The van der Waals surface area contributed by atoms with Gasteiger partial charge in [-0.3, -0.25) is 4.98 Å². The Morgan fingerprint density at radius 3 is 2.68 bits per heavy atom. The van der Waals surface area contributed by atoms with Crippen LogP contribution >= 0.6 is 0 Å². The monoisotopic (exact) mass is 261 g/mol. The molecule has 106 valence electrons. The van der Waals surface area contributed by atoms with Crippen molar-refractivity contribution < 1.29 is 0 Å². The Morgan fingerprint density at radius 1 is 1.21 bits per heavy atom. The molecule has 3 nitrogen and oxygen atoms in total. The summed E-state index contributed by atoms with van der Waals surface area (Å²) >= 11 is 0. The second-order valence-electron chi connectivity index (χ2n) is 6.66. The lowest BCUT2D eigenvalue weighted by Gasteiger charge is -2.30. The standard InChI is InChI=1S/C16H27N3/c1-16(2,3)13-6-5-8-19(9-7-13)15-10-14(17-4)11-18-12-15/h10-13,17H,5-9H2,1-4H3. The van der Waals surface area contributed by atoms with E-state index in [1.165, 1.54) is 24.9 Å². The van der Waals surface area contributed by atoms with Crippen LogP contribution in [0.1, 0.15) is 40.0 Å². The molecule has 2 heterocycles. The first kappa shape index (κ1) is 14.2. The van der Waals surface area contributed by atoms with E-state index in [9.17, 15) is 0 Å². The summed E-state index contributed by atoms with van der Waals surface area (Å²) in [5.74, 6) is 0.831. The van der Waals surface area contributed by atoms with Crippen LogP contribution in [0.3, 0.4) is 0 Å². The number of aromatic nitrogens is 1. The van der Waals surface area contributed by atoms with Gasteiger partial charge in [0.25, 0.3) is 0 Å². The van der Waals surface area contributed by atoms with E-state index in [-0.39, 0.29) is 0 Å². The van der Waals surface area contributed by atoms with Crippen LogP contribution in [0.5, 0.6) is 0 Å². The summed E-state index contributed by atoms with van der Waals surface area (Å²) in [4.78, 5) is 6.81. The fourth-order valence-corrected chi connectivity index (χ4v) is 2.96. The van der Waals surface area contributed by atoms with Gasteiger partial charge in [0.15, 0.2) is 0 Å². The highest BCUT2D eigenvalue weighted by molar-refractivity contribution is 5.55. The van der Waals surface area contributed by atoms with Gasteiger partial charge in [0.1, 0.15) is 0 Å². The second-order valence-corrected chi connectivity index (χ2v) is 6.66. The van der Waals surface area contributed by atoms with E-state index in [2.05, 4.69) is 42.0 Å². The van der Waals surface area contributed by atoms with Gasteiger partial charge < -0.3 is 10.2 Å². The minimum atomic E-state index is 0.432. The summed E-state index contributed by atoms with van der Waals surface area (Å²) in [5.41, 5.74) is 2.77. The fraction of sp³-hybridized carbons (Fsp3) is 0.688. The van der Waals surface area contributed by atoms with Crippen LogP contribution in [-0.2, 0) is 0 Å². The van der Waals surface area contributed by atoms with Crippen molar-refractivity contribution in [2.45, 2.75) is 40.0 Å². The molecule has 0 radical (unpaired) electrons. The van der Waals surface area contributed by atoms with Gasteiger partial charge in [0, 0.05) is 20.1 Å². The van der Waals surface area contributed by atoms with Gasteiger partial charge in [-0.15, -0.1) is 0 Å². The van der Waals surface area contributed by atoms with Gasteiger partial charge in [-0.25, -0.2) is 0 Å². The van der Waals surface area contributed by atoms with Crippen LogP contribution in [0, 0.1) is 11.3 Å². The van der Waals surface area contributed by atoms with Crippen molar-refractivity contribution in [3.8, 4) is 0 Å². The van der Waals surface area contributed by atoms with Crippen molar-refractivity contribution in [2.75, 3.05) is 30.4 Å². The molecular weight excluding hydrogens is 234 g/mol. The number of anilines is 2. The number of hydrogen-bond donors (Lipinski definition) is 1. The molecule has 3 heteroatoms. The molecule has 1 N–H and O–H groups in total. The van der Waals surface area contributed by atoms with E-state index in [1.807, 2.05) is 19.4 Å². The third kappa shape index (κ3) is 3.62. The van der Waals surface area contributed by atoms with E-state index in [0.717, 1.165) is 24.7 Å². The molecule has 0 saturated carbocycles. The van der Waals surface area contributed by atoms with Crippen LogP contribution in [0.2, 0.25) is 0 Å². The Balaban J connectivity index is 2.06. The molecule has 0 amide bonds. The summed E-state index contributed by atoms with van der Waals surface area (Å²) in [7, 11) is 1.94. The largest absolute Gasteiger partial charge is 0.387 e. The first-order valence-electron chi connectivity index (χ1n) is 7.38. The molecule has 2 rings (SSSR count). The number of nitrogens with zero attached hydrogens (tertiary/aromatic N) is 2. The van der Waals surface area contributed by atoms with Crippen LogP contribution in [-0.4, -0.2) is 25.1 Å². The topological polar surface area (TPSA) is 28.2 Å². The number of hydrogen-bond acceptors (Lipinski definition) is 3. The predicted molar refractivity (Wildman–Crippen MR) is 82.8 cm³/mol. The van der Waals surface area contributed by atoms with Gasteiger partial charge in [-0.1, -0.05) is 20.8 Å². The maximum absolute atomic E-state index is 4.32. The molecule has 1 aromatic heterocycles. The summed E-state index contributed by atoms with van der Waals surface area (Å²) in [6, 6.07) is 2.20. The molecule has 1 atom stereocenters. The average molecular weight is 261 g/mol. The highest BCUT2D eigenvalue weighted by Gasteiger charge is 2.27. The van der Waals surface area contributed by atoms with Gasteiger partial charge in [0.05, 0.1) is 23.8 Å². The molecule has 1 aromatic rings. The molecule has 0 bridgehead atoms. The lowest BCUT2D eigenvalue weighted by molar-refractivity contribution is 0.220. The lowest BCUT2D eigenvalue weighted by atomic mass is 9.77. The van der Waals surface area contributed by atoms with Crippen LogP contribution in [0.25, 0.3) is 0 Å². The van der Waals surface area contributed by atoms with Crippen molar-refractivity contribution in [2.24, 2.45) is 11.3 Å². The third-order valence-electron chi connectivity index (χ3n) is 4.33. The van der Waals surface area contributed by atoms with Crippen LogP contribution < -0.4 is 10.2 Å². The molecule has 0 aromatic carbocycles. The van der Waals surface area contributed by atoms with Gasteiger partial charge in [0.2, 0.25) is 0 Å². The van der Waals surface area contributed by atoms with Crippen molar-refractivity contribution in [3.63, 3.8) is 0 Å². The highest BCUT2D eigenvalue weighted by Crippen LogP contribution is 2.35. The molecule has 0 spiro atoms. The maximum atomic E-state index is 4.32. The summed E-state index contributed by atoms with van der Waals surface area (Å²) in [6.45, 7) is 9.42. The summed E-state index contributed by atoms with van der Waals surface area (Å²) in [5, 5.41) is 3.17. The normalized spacial score (nSPS) is 21.1. The first-order valence-corrected chi connectivity index (χ1v) is 7.38. The Labute approximate surface area is 117 Å². The summed E-state index contributed by atoms with van der Waals surface area (Å²) < 4.78 is 0. The zero-order chi connectivity index (χ0) is 13.9. The number of nitrogens with one attached hydrogen (secondary N) is 1. The van der Waals surface area contributed by atoms with Crippen LogP contribution in [0.15, 0.2) is 18.5 Å². The zero-order valence-electron chi connectivity index (χ0n) is 12.7. The molecule has 1 fully saturated rings. The van der Waals surface area contributed by atoms with Crippen molar-refractivity contribution in [1.29, 1.82) is 0 Å². The second kappa shape index (κ2) is 5.81. The fourth-order valence-electron chi connectivity index (χ4n) is 2.96. The zero-order valence-corrected chi connectivity index (χ0v) is 12.7. The van der Waals surface area contributed by atoms with Crippen molar-refractivity contribution in [3.05, 3.63) is 18.5 Å². The van der Waals surface area contributed by atoms with Crippen molar-refractivity contribution >= 4 is 11.4 Å². The van der Waals surface area contributed by atoms with Crippen LogP contribution in [0.4, 0.5) is 11.4 Å². The highest BCUT2D eigenvalue weighted by atomic mass is 15.1. The number of rotatable bonds is 2. The Hall–Kier alpha value is -1.25. The smallest absolute Gasteiger partial charge is 0.0573 e. The Kier molecular flexibility index (Phi) is 4.33. The molecular formula is C16H27N3. The van der Waals surface area contributed by atoms with E-state index in [1.54, 1.807) is 0 Å². The molecule has 1 aliphatic heterocycles. The predicted octanol–water partition coefficient (Wildman–Crippen LogP) is 3.78. The van der Waals surface area contributed by atoms with E-state index >= 15 is 0 Å². The third-order valence-corrected chi connectivity index (χ3v) is 4.33. The lowest BCUT2D eigenvalue weighted by Crippen LogP contribution is -2.26. The minimum Gasteiger partial charge on any atom is -0.387 e. The van der Waals surface area contributed by atoms with Gasteiger partial charge in [-0.2, -0.15) is 0 Å². The van der Waals surface area contributed by atoms with E-state index < -0.39 is 0 Å². The van der Waals surface area contributed by atoms with E-state index in [4.69, 9.17) is 0 Å². The first-order chi connectivity index (χ1) is 9.00. The number of pyridine rings is 1. The van der Waals surface area contributed by atoms with Gasteiger partial charge in [-0.05, 0) is 36.7 Å². The Morgan fingerprint density at radius 2 is 2.00 bits per heavy atom. The summed E-state index contributed by atoms with van der Waals surface area (Å²) in [6.07, 6.45) is 7.77. The quantitative estimate of drug-likeness (QED) is 0.878. The SMILES string of the molecule is CNc1cncc(N2CCCC(C(C)(C)C)CC2)c1. The van der Waals surface area contributed by atoms with Crippen molar-refractivity contribution in [1.82, 2.24) is 4.98 Å². The molecule has 1 unspecified atom stereocenters. The minimum absolute atomic E-state index is 0.432. The molecule has 0 aliphatic carbocycles. The average Bonchev–Trinajstić information content (AvgIpc) is 2.64. The molecule has 1 saturated heterocycles.